The number of aryl methyl sites for hydroxylation is 1. The largest absolute Gasteiger partial charge is 0.389 e. The van der Waals surface area contributed by atoms with Crippen LogP contribution in [0.1, 0.15) is 11.3 Å². The van der Waals surface area contributed by atoms with E-state index in [4.69, 9.17) is 4.74 Å². The molecule has 19 heavy (non-hydrogen) atoms. The van der Waals surface area contributed by atoms with E-state index in [9.17, 15) is 5.11 Å². The van der Waals surface area contributed by atoms with Gasteiger partial charge in [0.25, 0.3) is 0 Å². The van der Waals surface area contributed by atoms with Crippen molar-refractivity contribution in [3.8, 4) is 0 Å². The number of hydrogen-bond acceptors (Lipinski definition) is 4. The molecule has 4 nitrogen and oxygen atoms in total. The third kappa shape index (κ3) is 3.99. The van der Waals surface area contributed by atoms with Crippen molar-refractivity contribution in [2.24, 2.45) is 0 Å². The number of pyridine rings is 1. The molecule has 4 heteroatoms. The first-order chi connectivity index (χ1) is 9.19. The van der Waals surface area contributed by atoms with Gasteiger partial charge in [0, 0.05) is 31.3 Å². The van der Waals surface area contributed by atoms with Crippen LogP contribution in [0.2, 0.25) is 0 Å². The van der Waals surface area contributed by atoms with Crippen LogP contribution in [0.15, 0.2) is 30.3 Å². The number of hydrogen-bond donors (Lipinski definition) is 2. The number of methoxy groups -OCH3 is 1. The van der Waals surface area contributed by atoms with Gasteiger partial charge in [-0.05, 0) is 30.7 Å². The predicted octanol–water partition coefficient (Wildman–Crippen LogP) is 1.64. The van der Waals surface area contributed by atoms with Gasteiger partial charge >= 0.3 is 0 Å². The smallest absolute Gasteiger partial charge is 0.0897 e. The van der Waals surface area contributed by atoms with Crippen molar-refractivity contribution in [3.05, 3.63) is 41.6 Å². The minimum Gasteiger partial charge on any atom is -0.389 e. The van der Waals surface area contributed by atoms with E-state index in [2.05, 4.69) is 28.5 Å². The van der Waals surface area contributed by atoms with Crippen molar-refractivity contribution in [1.82, 2.24) is 10.3 Å². The number of ether oxygens (including phenoxy) is 1. The zero-order valence-corrected chi connectivity index (χ0v) is 11.4. The van der Waals surface area contributed by atoms with Crippen LogP contribution in [0.4, 0.5) is 0 Å². The van der Waals surface area contributed by atoms with E-state index < -0.39 is 6.10 Å². The molecule has 0 spiro atoms. The highest BCUT2D eigenvalue weighted by molar-refractivity contribution is 5.79. The Balaban J connectivity index is 1.96. The second kappa shape index (κ2) is 6.61. The number of rotatable bonds is 6. The molecule has 0 amide bonds. The van der Waals surface area contributed by atoms with Crippen molar-refractivity contribution in [2.75, 3.05) is 20.3 Å². The first kappa shape index (κ1) is 13.9. The van der Waals surface area contributed by atoms with Gasteiger partial charge in [0.05, 0.1) is 18.2 Å². The Bertz CT molecular complexity index is 543. The van der Waals surface area contributed by atoms with Crippen LogP contribution < -0.4 is 5.32 Å². The van der Waals surface area contributed by atoms with E-state index >= 15 is 0 Å². The topological polar surface area (TPSA) is 54.4 Å². The summed E-state index contributed by atoms with van der Waals surface area (Å²) in [4.78, 5) is 4.47. The summed E-state index contributed by atoms with van der Waals surface area (Å²) < 4.78 is 4.88. The number of nitrogens with one attached hydrogen (secondary N) is 1. The fourth-order valence-corrected chi connectivity index (χ4v) is 2.02. The summed E-state index contributed by atoms with van der Waals surface area (Å²) in [5.74, 6) is 0. The normalized spacial score (nSPS) is 12.8. The van der Waals surface area contributed by atoms with E-state index in [1.807, 2.05) is 19.1 Å². The van der Waals surface area contributed by atoms with Crippen LogP contribution in [0, 0.1) is 6.92 Å². The summed E-state index contributed by atoms with van der Waals surface area (Å²) in [7, 11) is 1.58. The molecule has 0 aliphatic carbocycles. The molecule has 0 saturated heterocycles. The maximum Gasteiger partial charge on any atom is 0.0897 e. The van der Waals surface area contributed by atoms with Crippen LogP contribution >= 0.6 is 0 Å². The van der Waals surface area contributed by atoms with Crippen LogP contribution in [-0.2, 0) is 11.3 Å². The molecule has 1 aromatic heterocycles. The first-order valence-corrected chi connectivity index (χ1v) is 6.43. The summed E-state index contributed by atoms with van der Waals surface area (Å²) in [6.45, 7) is 3.60. The van der Waals surface area contributed by atoms with Gasteiger partial charge in [0.2, 0.25) is 0 Å². The maximum atomic E-state index is 9.53. The summed E-state index contributed by atoms with van der Waals surface area (Å²) in [6, 6.07) is 10.3. The molecule has 0 fully saturated rings. The van der Waals surface area contributed by atoms with Crippen LogP contribution in [0.5, 0.6) is 0 Å². The monoisotopic (exact) mass is 260 g/mol. The van der Waals surface area contributed by atoms with E-state index in [0.29, 0.717) is 13.2 Å². The Hall–Kier alpha value is -1.49. The fourth-order valence-electron chi connectivity index (χ4n) is 2.02. The molecule has 0 radical (unpaired) electrons. The van der Waals surface area contributed by atoms with Gasteiger partial charge in [-0.25, -0.2) is 0 Å². The quantitative estimate of drug-likeness (QED) is 0.829. The Kier molecular flexibility index (Phi) is 4.85. The van der Waals surface area contributed by atoms with Crippen molar-refractivity contribution in [3.63, 3.8) is 0 Å². The molecule has 0 saturated carbocycles. The van der Waals surface area contributed by atoms with Crippen molar-refractivity contribution in [1.29, 1.82) is 0 Å². The molecule has 1 heterocycles. The molecule has 0 bridgehead atoms. The average Bonchev–Trinajstić information content (AvgIpc) is 2.39. The molecule has 1 aromatic carbocycles. The third-order valence-electron chi connectivity index (χ3n) is 2.96. The van der Waals surface area contributed by atoms with E-state index in [1.165, 1.54) is 5.56 Å². The Morgan fingerprint density at radius 3 is 2.95 bits per heavy atom. The number of aliphatic hydroxyl groups excluding tert-OH is 1. The van der Waals surface area contributed by atoms with E-state index in [0.717, 1.165) is 23.1 Å². The van der Waals surface area contributed by atoms with Crippen molar-refractivity contribution in [2.45, 2.75) is 19.6 Å². The highest BCUT2D eigenvalue weighted by Gasteiger charge is 2.03. The van der Waals surface area contributed by atoms with Gasteiger partial charge in [0.15, 0.2) is 0 Å². The van der Waals surface area contributed by atoms with Crippen LogP contribution in [0.3, 0.4) is 0 Å². The zero-order valence-electron chi connectivity index (χ0n) is 11.4. The van der Waals surface area contributed by atoms with Crippen LogP contribution in [0.25, 0.3) is 10.9 Å². The average molecular weight is 260 g/mol. The Morgan fingerprint density at radius 1 is 1.32 bits per heavy atom. The van der Waals surface area contributed by atoms with Gasteiger partial charge in [-0.3, -0.25) is 4.98 Å². The number of aliphatic hydroxyl groups is 1. The zero-order chi connectivity index (χ0) is 13.7. The van der Waals surface area contributed by atoms with Crippen LogP contribution in [-0.4, -0.2) is 36.5 Å². The highest BCUT2D eigenvalue weighted by Crippen LogP contribution is 2.14. The van der Waals surface area contributed by atoms with Gasteiger partial charge in [-0.2, -0.15) is 0 Å². The molecule has 0 aliphatic heterocycles. The summed E-state index contributed by atoms with van der Waals surface area (Å²) in [6.07, 6.45) is -0.463. The number of aromatic nitrogens is 1. The summed E-state index contributed by atoms with van der Waals surface area (Å²) in [5.41, 5.74) is 3.23. The number of fused-ring (bicyclic) bond motifs is 1. The molecule has 102 valence electrons. The minimum atomic E-state index is -0.463. The lowest BCUT2D eigenvalue weighted by Gasteiger charge is -2.11. The molecule has 2 N–H and O–H groups in total. The highest BCUT2D eigenvalue weighted by atomic mass is 16.5. The maximum absolute atomic E-state index is 9.53. The standard InChI is InChI=1S/C15H20N2O2/c1-11-3-5-13-7-12(4-6-15(13)17-11)8-16-9-14(18)10-19-2/h3-7,14,16,18H,8-10H2,1-2H3. The molecule has 1 atom stereocenters. The van der Waals surface area contributed by atoms with E-state index in [-0.39, 0.29) is 0 Å². The van der Waals surface area contributed by atoms with Gasteiger partial charge < -0.3 is 15.2 Å². The Morgan fingerprint density at radius 2 is 2.16 bits per heavy atom. The SMILES string of the molecule is COCC(O)CNCc1ccc2nc(C)ccc2c1. The number of nitrogens with zero attached hydrogens (tertiary/aromatic N) is 1. The minimum absolute atomic E-state index is 0.355. The summed E-state index contributed by atoms with van der Waals surface area (Å²) >= 11 is 0. The fraction of sp³-hybridized carbons (Fsp3) is 0.400. The lowest BCUT2D eigenvalue weighted by atomic mass is 10.1. The number of benzene rings is 1. The molecule has 2 aromatic rings. The molecule has 0 aliphatic rings. The summed E-state index contributed by atoms with van der Waals surface area (Å²) in [5, 5.41) is 13.9. The first-order valence-electron chi connectivity index (χ1n) is 6.43. The van der Waals surface area contributed by atoms with Gasteiger partial charge in [-0.15, -0.1) is 0 Å². The lowest BCUT2D eigenvalue weighted by molar-refractivity contribution is 0.0644. The molecular weight excluding hydrogens is 240 g/mol. The lowest BCUT2D eigenvalue weighted by Crippen LogP contribution is -2.29. The molecular formula is C15H20N2O2. The molecule has 2 rings (SSSR count). The molecule has 1 unspecified atom stereocenters. The predicted molar refractivity (Wildman–Crippen MR) is 76.1 cm³/mol. The van der Waals surface area contributed by atoms with Crippen molar-refractivity contribution >= 4 is 10.9 Å². The Labute approximate surface area is 113 Å². The second-order valence-corrected chi connectivity index (χ2v) is 4.72. The van der Waals surface area contributed by atoms with E-state index in [1.54, 1.807) is 7.11 Å². The second-order valence-electron chi connectivity index (χ2n) is 4.72. The van der Waals surface area contributed by atoms with Gasteiger partial charge in [0.1, 0.15) is 0 Å². The van der Waals surface area contributed by atoms with Crippen molar-refractivity contribution < 1.29 is 9.84 Å². The third-order valence-corrected chi connectivity index (χ3v) is 2.96. The van der Waals surface area contributed by atoms with Gasteiger partial charge in [-0.1, -0.05) is 12.1 Å².